The van der Waals surface area contributed by atoms with Gasteiger partial charge in [0, 0.05) is 19.3 Å². The minimum atomic E-state index is -0.837. The number of carbonyl (C=O) groups is 2. The largest absolute Gasteiger partial charge is 0.481 e. The van der Waals surface area contributed by atoms with Crippen LogP contribution in [0.5, 0.6) is 0 Å². The average Bonchev–Trinajstić information content (AvgIpc) is 2.27. The van der Waals surface area contributed by atoms with Crippen LogP contribution < -0.4 is 0 Å². The zero-order chi connectivity index (χ0) is 11.8. The molecule has 1 aromatic rings. The highest BCUT2D eigenvalue weighted by molar-refractivity contribution is 5.79. The molecule has 0 saturated carbocycles. The molecule has 0 bridgehead atoms. The van der Waals surface area contributed by atoms with Gasteiger partial charge in [0.15, 0.2) is 0 Å². The van der Waals surface area contributed by atoms with E-state index in [9.17, 15) is 9.59 Å². The van der Waals surface area contributed by atoms with E-state index in [0.29, 0.717) is 19.3 Å². The molecule has 1 rings (SSSR count). The number of carboxylic acid groups (broad SMARTS) is 1. The van der Waals surface area contributed by atoms with Crippen LogP contribution in [0.1, 0.15) is 31.2 Å². The van der Waals surface area contributed by atoms with Crippen molar-refractivity contribution in [2.24, 2.45) is 0 Å². The second-order valence-electron chi connectivity index (χ2n) is 3.77. The Morgan fingerprint density at radius 1 is 1.00 bits per heavy atom. The van der Waals surface area contributed by atoms with Gasteiger partial charge in [0.05, 0.1) is 0 Å². The van der Waals surface area contributed by atoms with Crippen molar-refractivity contribution in [3.05, 3.63) is 35.9 Å². The second-order valence-corrected chi connectivity index (χ2v) is 3.77. The zero-order valence-electron chi connectivity index (χ0n) is 9.19. The molecule has 0 amide bonds. The molecule has 0 aliphatic carbocycles. The third kappa shape index (κ3) is 5.29. The van der Waals surface area contributed by atoms with Crippen molar-refractivity contribution in [1.82, 2.24) is 0 Å². The quantitative estimate of drug-likeness (QED) is 0.767. The monoisotopic (exact) mass is 220 g/mol. The van der Waals surface area contributed by atoms with Crippen molar-refractivity contribution < 1.29 is 14.7 Å². The van der Waals surface area contributed by atoms with Crippen molar-refractivity contribution in [1.29, 1.82) is 0 Å². The molecule has 0 radical (unpaired) electrons. The van der Waals surface area contributed by atoms with Crippen LogP contribution in [0.15, 0.2) is 30.3 Å². The molecule has 0 unspecified atom stereocenters. The summed E-state index contributed by atoms with van der Waals surface area (Å²) >= 11 is 0. The first-order valence-corrected chi connectivity index (χ1v) is 5.46. The van der Waals surface area contributed by atoms with Gasteiger partial charge in [0.2, 0.25) is 0 Å². The van der Waals surface area contributed by atoms with Crippen LogP contribution in [-0.2, 0) is 16.0 Å². The van der Waals surface area contributed by atoms with Gasteiger partial charge < -0.3 is 5.11 Å². The van der Waals surface area contributed by atoms with Crippen molar-refractivity contribution in [3.63, 3.8) is 0 Å². The normalized spacial score (nSPS) is 10.0. The summed E-state index contributed by atoms with van der Waals surface area (Å²) < 4.78 is 0. The van der Waals surface area contributed by atoms with E-state index in [2.05, 4.69) is 0 Å². The van der Waals surface area contributed by atoms with E-state index in [1.807, 2.05) is 30.3 Å². The molecule has 3 heteroatoms. The zero-order valence-corrected chi connectivity index (χ0v) is 9.19. The van der Waals surface area contributed by atoms with E-state index in [1.165, 1.54) is 0 Å². The molecule has 0 spiro atoms. The molecule has 0 aliphatic rings. The third-order valence-electron chi connectivity index (χ3n) is 2.38. The Balaban J connectivity index is 2.18. The molecule has 16 heavy (non-hydrogen) atoms. The number of aryl methyl sites for hydroxylation is 1. The topological polar surface area (TPSA) is 54.4 Å². The Morgan fingerprint density at radius 3 is 2.31 bits per heavy atom. The lowest BCUT2D eigenvalue weighted by atomic mass is 10.0. The Hall–Kier alpha value is -1.64. The Kier molecular flexibility index (Phi) is 5.26. The molecule has 1 N–H and O–H groups in total. The molecule has 1 aromatic carbocycles. The molecule has 0 aliphatic heterocycles. The molecule has 0 aromatic heterocycles. The van der Waals surface area contributed by atoms with E-state index in [-0.39, 0.29) is 12.2 Å². The molecule has 0 saturated heterocycles. The molecular weight excluding hydrogens is 204 g/mol. The van der Waals surface area contributed by atoms with E-state index >= 15 is 0 Å². The van der Waals surface area contributed by atoms with Crippen molar-refractivity contribution in [3.8, 4) is 0 Å². The van der Waals surface area contributed by atoms with E-state index in [0.717, 1.165) is 12.0 Å². The lowest BCUT2D eigenvalue weighted by Crippen LogP contribution is -2.02. The number of carbonyl (C=O) groups excluding carboxylic acids is 1. The number of carboxylic acids is 1. The van der Waals surface area contributed by atoms with E-state index in [4.69, 9.17) is 5.11 Å². The number of hydrogen-bond donors (Lipinski definition) is 1. The number of benzene rings is 1. The van der Waals surface area contributed by atoms with Crippen LogP contribution in [0.25, 0.3) is 0 Å². The SMILES string of the molecule is O=C(O)CCCC(=O)CCc1ccccc1. The van der Waals surface area contributed by atoms with Gasteiger partial charge in [0.1, 0.15) is 5.78 Å². The predicted molar refractivity (Wildman–Crippen MR) is 61.3 cm³/mol. The molecule has 0 heterocycles. The molecule has 3 nitrogen and oxygen atoms in total. The van der Waals surface area contributed by atoms with Gasteiger partial charge in [-0.1, -0.05) is 30.3 Å². The van der Waals surface area contributed by atoms with Gasteiger partial charge in [-0.15, -0.1) is 0 Å². The standard InChI is InChI=1S/C13H16O3/c14-12(7-4-8-13(15)16)10-9-11-5-2-1-3-6-11/h1-3,5-6H,4,7-10H2,(H,15,16). The lowest BCUT2D eigenvalue weighted by Gasteiger charge is -2.00. The van der Waals surface area contributed by atoms with Gasteiger partial charge in [-0.05, 0) is 18.4 Å². The van der Waals surface area contributed by atoms with Crippen molar-refractivity contribution >= 4 is 11.8 Å². The van der Waals surface area contributed by atoms with Gasteiger partial charge >= 0.3 is 5.97 Å². The third-order valence-corrected chi connectivity index (χ3v) is 2.38. The molecule has 0 atom stereocenters. The van der Waals surface area contributed by atoms with Crippen LogP contribution in [-0.4, -0.2) is 16.9 Å². The van der Waals surface area contributed by atoms with Gasteiger partial charge in [0.25, 0.3) is 0 Å². The van der Waals surface area contributed by atoms with Gasteiger partial charge in [-0.25, -0.2) is 0 Å². The van der Waals surface area contributed by atoms with Crippen LogP contribution in [0, 0.1) is 0 Å². The number of Topliss-reactive ketones (excluding diaryl/α,β-unsaturated/α-hetero) is 1. The van der Waals surface area contributed by atoms with Crippen molar-refractivity contribution in [2.45, 2.75) is 32.1 Å². The highest BCUT2D eigenvalue weighted by Gasteiger charge is 2.04. The number of ketones is 1. The van der Waals surface area contributed by atoms with Crippen LogP contribution in [0.2, 0.25) is 0 Å². The Bertz CT molecular complexity index is 343. The van der Waals surface area contributed by atoms with Crippen LogP contribution in [0.4, 0.5) is 0 Å². The summed E-state index contributed by atoms with van der Waals surface area (Å²) in [5.41, 5.74) is 1.15. The summed E-state index contributed by atoms with van der Waals surface area (Å²) in [4.78, 5) is 21.7. The van der Waals surface area contributed by atoms with Gasteiger partial charge in [-0.2, -0.15) is 0 Å². The first-order valence-electron chi connectivity index (χ1n) is 5.46. The first-order chi connectivity index (χ1) is 7.68. The highest BCUT2D eigenvalue weighted by atomic mass is 16.4. The maximum absolute atomic E-state index is 11.4. The van der Waals surface area contributed by atoms with Gasteiger partial charge in [-0.3, -0.25) is 9.59 Å². The summed E-state index contributed by atoms with van der Waals surface area (Å²) in [7, 11) is 0. The van der Waals surface area contributed by atoms with E-state index < -0.39 is 5.97 Å². The summed E-state index contributed by atoms with van der Waals surface area (Å²) in [6.07, 6.45) is 2.15. The Labute approximate surface area is 95.1 Å². The number of hydrogen-bond acceptors (Lipinski definition) is 2. The smallest absolute Gasteiger partial charge is 0.303 e. The van der Waals surface area contributed by atoms with Crippen LogP contribution >= 0.6 is 0 Å². The molecule has 0 fully saturated rings. The summed E-state index contributed by atoms with van der Waals surface area (Å²) in [5.74, 6) is -0.694. The fourth-order valence-corrected chi connectivity index (χ4v) is 1.49. The minimum absolute atomic E-state index is 0.0804. The predicted octanol–water partition coefficient (Wildman–Crippen LogP) is 2.44. The second kappa shape index (κ2) is 6.77. The highest BCUT2D eigenvalue weighted by Crippen LogP contribution is 2.06. The summed E-state index contributed by atoms with van der Waals surface area (Å²) in [6, 6.07) is 9.82. The fourth-order valence-electron chi connectivity index (χ4n) is 1.49. The Morgan fingerprint density at radius 2 is 1.69 bits per heavy atom. The lowest BCUT2D eigenvalue weighted by molar-refractivity contribution is -0.137. The minimum Gasteiger partial charge on any atom is -0.481 e. The maximum Gasteiger partial charge on any atom is 0.303 e. The first kappa shape index (κ1) is 12.4. The molecular formula is C13H16O3. The van der Waals surface area contributed by atoms with E-state index in [1.54, 1.807) is 0 Å². The molecule has 86 valence electrons. The number of aliphatic carboxylic acids is 1. The number of rotatable bonds is 7. The fraction of sp³-hybridized carbons (Fsp3) is 0.385. The summed E-state index contributed by atoms with van der Waals surface area (Å²) in [6.45, 7) is 0. The summed E-state index contributed by atoms with van der Waals surface area (Å²) in [5, 5.41) is 8.42. The van der Waals surface area contributed by atoms with Crippen LogP contribution in [0.3, 0.4) is 0 Å². The maximum atomic E-state index is 11.4. The van der Waals surface area contributed by atoms with Crippen molar-refractivity contribution in [2.75, 3.05) is 0 Å². The average molecular weight is 220 g/mol.